The van der Waals surface area contributed by atoms with Crippen LogP contribution in [-0.2, 0) is 0 Å². The van der Waals surface area contributed by atoms with Crippen LogP contribution in [0.15, 0.2) is 0 Å². The topological polar surface area (TPSA) is 0 Å². The smallest absolute Gasteiger partial charge is 0.0355 e. The molecule has 0 amide bonds. The third-order valence-electron chi connectivity index (χ3n) is 2.19. The van der Waals surface area contributed by atoms with Gasteiger partial charge in [0.25, 0.3) is 0 Å². The molecule has 1 radical (unpaired) electrons. The fourth-order valence-electron chi connectivity index (χ4n) is 1.60. The van der Waals surface area contributed by atoms with Crippen LogP contribution in [0.4, 0.5) is 0 Å². The quantitative estimate of drug-likeness (QED) is 0.543. The summed E-state index contributed by atoms with van der Waals surface area (Å²) in [5.41, 5.74) is 0. The van der Waals surface area contributed by atoms with Crippen LogP contribution in [0.1, 0.15) is 45.4 Å². The van der Waals surface area contributed by atoms with E-state index in [0.717, 1.165) is 5.92 Å². The van der Waals surface area contributed by atoms with E-state index in [1.54, 1.807) is 0 Å². The Hall–Kier alpha value is 0. The summed E-state index contributed by atoms with van der Waals surface area (Å²) in [4.78, 5) is 0. The molecule has 0 N–H and O–H groups in total. The zero-order valence-corrected chi connectivity index (χ0v) is 6.40. The molecule has 0 saturated heterocycles. The maximum atomic E-state index is 2.52. The first-order valence-electron chi connectivity index (χ1n) is 4.27. The van der Waals surface area contributed by atoms with Crippen LogP contribution in [0.5, 0.6) is 0 Å². The van der Waals surface area contributed by atoms with Gasteiger partial charge in [-0.2, -0.15) is 0 Å². The molecule has 1 aliphatic carbocycles. The lowest BCUT2D eigenvalue weighted by atomic mass is 10.0. The van der Waals surface area contributed by atoms with Crippen LogP contribution >= 0.6 is 0 Å². The summed E-state index contributed by atoms with van der Waals surface area (Å²) in [6.07, 6.45) is 11.1. The van der Waals surface area contributed by atoms with Gasteiger partial charge in [-0.25, -0.2) is 0 Å². The van der Waals surface area contributed by atoms with E-state index in [1.165, 1.54) is 38.5 Å². The second kappa shape index (κ2) is 3.92. The molecule has 0 atom stereocenters. The van der Waals surface area contributed by atoms with Crippen molar-refractivity contribution in [1.82, 2.24) is 0 Å². The summed E-state index contributed by atoms with van der Waals surface area (Å²) < 4.78 is 0. The molecule has 1 saturated carbocycles. The van der Waals surface area contributed by atoms with Crippen molar-refractivity contribution in [3.63, 3.8) is 0 Å². The normalized spacial score (nSPS) is 21.0. The highest BCUT2D eigenvalue weighted by atomic mass is 14.2. The average molecular weight is 125 g/mol. The Balaban J connectivity index is 1.98. The minimum atomic E-state index is 0.991. The van der Waals surface area contributed by atoms with E-state index in [4.69, 9.17) is 0 Å². The van der Waals surface area contributed by atoms with Crippen LogP contribution in [0.3, 0.4) is 0 Å². The lowest BCUT2D eigenvalue weighted by Gasteiger charge is -2.04. The molecule has 1 aliphatic rings. The van der Waals surface area contributed by atoms with Crippen molar-refractivity contribution in [2.75, 3.05) is 0 Å². The van der Waals surface area contributed by atoms with Crippen LogP contribution in [0, 0.1) is 12.3 Å². The third kappa shape index (κ3) is 2.38. The third-order valence-corrected chi connectivity index (χ3v) is 2.19. The molecule has 0 nitrogen and oxygen atoms in total. The van der Waals surface area contributed by atoms with Crippen molar-refractivity contribution in [2.45, 2.75) is 45.4 Å². The molecule has 0 heterocycles. The predicted molar refractivity (Wildman–Crippen MR) is 41.2 cm³/mol. The largest absolute Gasteiger partial charge is 0.0654 e. The fourth-order valence-corrected chi connectivity index (χ4v) is 1.60. The molecule has 0 aromatic rings. The first-order valence-corrected chi connectivity index (χ1v) is 4.27. The van der Waals surface area contributed by atoms with Crippen molar-refractivity contribution in [3.8, 4) is 0 Å². The number of unbranched alkanes of at least 4 members (excludes halogenated alkanes) is 1. The van der Waals surface area contributed by atoms with Gasteiger partial charge in [0.05, 0.1) is 0 Å². The highest BCUT2D eigenvalue weighted by molar-refractivity contribution is 4.79. The maximum absolute atomic E-state index is 2.52. The second-order valence-corrected chi connectivity index (χ2v) is 3.07. The Labute approximate surface area is 58.7 Å². The average Bonchev–Trinajstić information content (AvgIpc) is 2.34. The SMILES string of the molecule is CCC[CH]C1CCCC1. The van der Waals surface area contributed by atoms with E-state index in [1.807, 2.05) is 0 Å². The van der Waals surface area contributed by atoms with E-state index < -0.39 is 0 Å². The van der Waals surface area contributed by atoms with Crippen LogP contribution in [0.25, 0.3) is 0 Å². The highest BCUT2D eigenvalue weighted by Gasteiger charge is 2.13. The van der Waals surface area contributed by atoms with Crippen molar-refractivity contribution in [1.29, 1.82) is 0 Å². The van der Waals surface area contributed by atoms with Gasteiger partial charge in [-0.1, -0.05) is 45.4 Å². The van der Waals surface area contributed by atoms with Gasteiger partial charge in [-0.15, -0.1) is 0 Å². The lowest BCUT2D eigenvalue weighted by Crippen LogP contribution is -1.92. The summed E-state index contributed by atoms with van der Waals surface area (Å²) in [7, 11) is 0. The van der Waals surface area contributed by atoms with Crippen molar-refractivity contribution in [2.24, 2.45) is 5.92 Å². The van der Waals surface area contributed by atoms with Crippen molar-refractivity contribution in [3.05, 3.63) is 6.42 Å². The van der Waals surface area contributed by atoms with E-state index in [9.17, 15) is 0 Å². The first kappa shape index (κ1) is 7.11. The number of rotatable bonds is 3. The Bertz CT molecular complexity index is 60.4. The first-order chi connectivity index (χ1) is 4.43. The number of hydrogen-bond donors (Lipinski definition) is 0. The monoisotopic (exact) mass is 125 g/mol. The predicted octanol–water partition coefficient (Wildman–Crippen LogP) is 3.18. The number of hydrogen-bond acceptors (Lipinski definition) is 0. The van der Waals surface area contributed by atoms with Gasteiger partial charge in [-0.3, -0.25) is 0 Å². The highest BCUT2D eigenvalue weighted by Crippen LogP contribution is 2.27. The summed E-state index contributed by atoms with van der Waals surface area (Å²) in [6, 6.07) is 0. The maximum Gasteiger partial charge on any atom is -0.0355 e. The molecule has 0 heteroatoms. The minimum Gasteiger partial charge on any atom is -0.0654 e. The zero-order chi connectivity index (χ0) is 6.53. The summed E-state index contributed by atoms with van der Waals surface area (Å²) >= 11 is 0. The molecule has 0 spiro atoms. The molecule has 53 valence electrons. The van der Waals surface area contributed by atoms with Crippen LogP contribution in [-0.4, -0.2) is 0 Å². The van der Waals surface area contributed by atoms with Crippen molar-refractivity contribution < 1.29 is 0 Å². The van der Waals surface area contributed by atoms with Gasteiger partial charge in [0.1, 0.15) is 0 Å². The van der Waals surface area contributed by atoms with Crippen molar-refractivity contribution >= 4 is 0 Å². The van der Waals surface area contributed by atoms with E-state index in [-0.39, 0.29) is 0 Å². The van der Waals surface area contributed by atoms with Gasteiger partial charge < -0.3 is 0 Å². The van der Waals surface area contributed by atoms with E-state index in [0.29, 0.717) is 0 Å². The van der Waals surface area contributed by atoms with Gasteiger partial charge in [0.15, 0.2) is 0 Å². The van der Waals surface area contributed by atoms with Gasteiger partial charge in [0, 0.05) is 0 Å². The summed E-state index contributed by atoms with van der Waals surface area (Å²) in [6.45, 7) is 2.26. The Kier molecular flexibility index (Phi) is 3.10. The van der Waals surface area contributed by atoms with E-state index >= 15 is 0 Å². The molecular weight excluding hydrogens is 108 g/mol. The van der Waals surface area contributed by atoms with Crippen LogP contribution in [0.2, 0.25) is 0 Å². The summed E-state index contributed by atoms with van der Waals surface area (Å²) in [5, 5.41) is 0. The molecule has 9 heavy (non-hydrogen) atoms. The molecule has 0 unspecified atom stereocenters. The molecule has 0 aromatic heterocycles. The molecule has 0 aliphatic heterocycles. The molecule has 1 rings (SSSR count). The molecular formula is C9H17. The molecule has 0 bridgehead atoms. The summed E-state index contributed by atoms with van der Waals surface area (Å²) in [5.74, 6) is 0.991. The Morgan fingerprint density at radius 3 is 2.56 bits per heavy atom. The fraction of sp³-hybridized carbons (Fsp3) is 0.889. The second-order valence-electron chi connectivity index (χ2n) is 3.07. The molecule has 1 fully saturated rings. The standard InChI is InChI=1S/C9H17/c1-2-3-6-9-7-4-5-8-9/h6,9H,2-5,7-8H2,1H3. The van der Waals surface area contributed by atoms with E-state index in [2.05, 4.69) is 13.3 Å². The zero-order valence-electron chi connectivity index (χ0n) is 6.40. The Morgan fingerprint density at radius 1 is 1.33 bits per heavy atom. The molecule has 0 aromatic carbocycles. The Morgan fingerprint density at radius 2 is 2.00 bits per heavy atom. The van der Waals surface area contributed by atoms with Crippen LogP contribution < -0.4 is 0 Å². The van der Waals surface area contributed by atoms with Gasteiger partial charge in [0.2, 0.25) is 0 Å². The van der Waals surface area contributed by atoms with Gasteiger partial charge >= 0.3 is 0 Å². The minimum absolute atomic E-state index is 0.991. The lowest BCUT2D eigenvalue weighted by molar-refractivity contribution is 0.598. The van der Waals surface area contributed by atoms with Gasteiger partial charge in [-0.05, 0) is 12.3 Å².